The number of rotatable bonds is 7. The molecule has 1 aromatic heterocycles. The minimum Gasteiger partial charge on any atom is -0.507 e. The molecule has 0 atom stereocenters. The molecule has 1 spiro atoms. The fourth-order valence-corrected chi connectivity index (χ4v) is 6.92. The number of hydrogen-bond donors (Lipinski definition) is 2. The summed E-state index contributed by atoms with van der Waals surface area (Å²) in [6.45, 7) is 7.33. The van der Waals surface area contributed by atoms with Gasteiger partial charge in [0.2, 0.25) is 0 Å². The number of halogens is 3. The molecule has 3 aliphatic heterocycles. The first-order valence-electron chi connectivity index (χ1n) is 14.3. The molecule has 2 aromatic carbocycles. The summed E-state index contributed by atoms with van der Waals surface area (Å²) in [5.74, 6) is -1.37. The molecule has 0 radical (unpaired) electrons. The molecular weight excluding hydrogens is 536 g/mol. The molecule has 0 amide bonds. The topological polar surface area (TPSA) is 73.8 Å². The van der Waals surface area contributed by atoms with Crippen LogP contribution in [0.4, 0.5) is 14.6 Å². The predicted octanol–water partition coefficient (Wildman–Crippen LogP) is 5.38. The Balaban J connectivity index is 1.27. The van der Waals surface area contributed by atoms with Gasteiger partial charge >= 0.3 is 6.01 Å². The third kappa shape index (κ3) is 4.65. The van der Waals surface area contributed by atoms with Gasteiger partial charge in [0.15, 0.2) is 5.82 Å². The van der Waals surface area contributed by atoms with Crippen LogP contribution in [0.1, 0.15) is 38.5 Å². The number of phenols is 1. The van der Waals surface area contributed by atoms with Crippen molar-refractivity contribution < 1.29 is 18.6 Å². The van der Waals surface area contributed by atoms with Crippen molar-refractivity contribution in [2.75, 3.05) is 57.3 Å². The van der Waals surface area contributed by atoms with Gasteiger partial charge < -0.3 is 25.0 Å². The Labute approximate surface area is 237 Å². The van der Waals surface area contributed by atoms with Crippen molar-refractivity contribution in [1.82, 2.24) is 20.2 Å². The summed E-state index contributed by atoms with van der Waals surface area (Å²) < 4.78 is 37.4. The molecule has 4 heterocycles. The van der Waals surface area contributed by atoms with Gasteiger partial charge in [-0.15, -0.1) is 0 Å². The number of nitrogens with zero attached hydrogens (tertiary/aromatic N) is 4. The molecule has 0 unspecified atom stereocenters. The van der Waals surface area contributed by atoms with E-state index in [-0.39, 0.29) is 38.8 Å². The van der Waals surface area contributed by atoms with E-state index in [0.717, 1.165) is 71.5 Å². The lowest BCUT2D eigenvalue weighted by Gasteiger charge is -2.48. The molecule has 10 heteroatoms. The number of ether oxygens (including phenoxy) is 1. The highest BCUT2D eigenvalue weighted by atomic mass is 35.5. The van der Waals surface area contributed by atoms with Gasteiger partial charge in [-0.2, -0.15) is 9.97 Å². The van der Waals surface area contributed by atoms with Crippen LogP contribution in [0.5, 0.6) is 11.8 Å². The number of benzene rings is 2. The van der Waals surface area contributed by atoms with Gasteiger partial charge in [0.05, 0.1) is 17.2 Å². The van der Waals surface area contributed by atoms with Gasteiger partial charge in [0.25, 0.3) is 0 Å². The molecule has 7 nitrogen and oxygen atoms in total. The second kappa shape index (κ2) is 9.96. The first-order chi connectivity index (χ1) is 19.4. The Bertz CT molecular complexity index is 1430. The molecule has 4 fully saturated rings. The highest BCUT2D eigenvalue weighted by Gasteiger charge is 2.45. The highest BCUT2D eigenvalue weighted by Crippen LogP contribution is 2.48. The van der Waals surface area contributed by atoms with Crippen molar-refractivity contribution in [2.45, 2.75) is 38.5 Å². The van der Waals surface area contributed by atoms with Crippen LogP contribution in [0.3, 0.4) is 0 Å². The predicted molar refractivity (Wildman–Crippen MR) is 151 cm³/mol. The molecule has 3 saturated heterocycles. The summed E-state index contributed by atoms with van der Waals surface area (Å²) in [6.07, 6.45) is 6.68. The second-order valence-electron chi connectivity index (χ2n) is 12.3. The van der Waals surface area contributed by atoms with Gasteiger partial charge in [-0.3, -0.25) is 0 Å². The molecule has 1 aliphatic carbocycles. The first kappa shape index (κ1) is 26.2. The number of anilines is 1. The minimum atomic E-state index is -0.800. The van der Waals surface area contributed by atoms with Crippen LogP contribution >= 0.6 is 11.6 Å². The Morgan fingerprint density at radius 1 is 1.00 bits per heavy atom. The van der Waals surface area contributed by atoms with Gasteiger partial charge in [0, 0.05) is 49.1 Å². The summed E-state index contributed by atoms with van der Waals surface area (Å²) in [4.78, 5) is 14.0. The summed E-state index contributed by atoms with van der Waals surface area (Å²) in [7, 11) is 0. The minimum absolute atomic E-state index is 0.0110. The third-order valence-corrected chi connectivity index (χ3v) is 9.73. The Kier molecular flexibility index (Phi) is 6.52. The molecule has 2 N–H and O–H groups in total. The molecule has 7 rings (SSSR count). The number of hydrogen-bond acceptors (Lipinski definition) is 7. The second-order valence-corrected chi connectivity index (χ2v) is 12.7. The van der Waals surface area contributed by atoms with Gasteiger partial charge in [0.1, 0.15) is 22.9 Å². The van der Waals surface area contributed by atoms with E-state index in [1.54, 1.807) is 6.07 Å². The van der Waals surface area contributed by atoms with Crippen molar-refractivity contribution >= 4 is 28.3 Å². The van der Waals surface area contributed by atoms with E-state index < -0.39 is 11.6 Å². The van der Waals surface area contributed by atoms with Crippen LogP contribution < -0.4 is 15.0 Å². The monoisotopic (exact) mass is 569 g/mol. The lowest BCUT2D eigenvalue weighted by atomic mass is 9.73. The standard InChI is InChI=1S/C30H34ClF2N5O2/c31-20-14-19-26(25(33)23(20)24-21(32)4-3-5-22(24)39)35-28(40-18-30(6-7-30)17-37-10-1-2-11-37)36-27(19)38-12-8-29(9-13-38)15-34-16-29/h3-5,14,34,39H,1-2,6-13,15-18H2. The van der Waals surface area contributed by atoms with E-state index in [0.29, 0.717) is 23.2 Å². The molecule has 1 saturated carbocycles. The number of aromatic nitrogens is 2. The highest BCUT2D eigenvalue weighted by molar-refractivity contribution is 6.34. The van der Waals surface area contributed by atoms with E-state index >= 15 is 4.39 Å². The first-order valence-corrected chi connectivity index (χ1v) is 14.7. The number of likely N-dealkylation sites (tertiary alicyclic amines) is 1. The fraction of sp³-hybridized carbons (Fsp3) is 0.533. The number of nitrogens with one attached hydrogen (secondary N) is 1. The van der Waals surface area contributed by atoms with Crippen LogP contribution in [0.25, 0.3) is 22.0 Å². The van der Waals surface area contributed by atoms with Crippen molar-refractivity contribution in [2.24, 2.45) is 10.8 Å². The zero-order valence-corrected chi connectivity index (χ0v) is 23.2. The summed E-state index contributed by atoms with van der Waals surface area (Å²) >= 11 is 6.59. The summed E-state index contributed by atoms with van der Waals surface area (Å²) in [6, 6.07) is 5.55. The average Bonchev–Trinajstić information content (AvgIpc) is 3.50. The van der Waals surface area contributed by atoms with Crippen LogP contribution in [0.2, 0.25) is 5.02 Å². The van der Waals surface area contributed by atoms with E-state index in [2.05, 4.69) is 20.1 Å². The van der Waals surface area contributed by atoms with Crippen molar-refractivity contribution in [3.05, 3.63) is 40.9 Å². The molecule has 3 aromatic rings. The summed E-state index contributed by atoms with van der Waals surface area (Å²) in [5.41, 5.74) is -0.0803. The van der Waals surface area contributed by atoms with Crippen molar-refractivity contribution in [3.8, 4) is 22.9 Å². The quantitative estimate of drug-likeness (QED) is 0.396. The van der Waals surface area contributed by atoms with Crippen molar-refractivity contribution in [1.29, 1.82) is 0 Å². The number of aromatic hydroxyl groups is 1. The van der Waals surface area contributed by atoms with Gasteiger partial charge in [-0.25, -0.2) is 8.78 Å². The van der Waals surface area contributed by atoms with Crippen LogP contribution in [-0.2, 0) is 0 Å². The maximum Gasteiger partial charge on any atom is 0.319 e. The maximum absolute atomic E-state index is 16.3. The maximum atomic E-state index is 16.3. The Morgan fingerprint density at radius 3 is 2.40 bits per heavy atom. The molecule has 0 bridgehead atoms. The lowest BCUT2D eigenvalue weighted by molar-refractivity contribution is 0.126. The number of fused-ring (bicyclic) bond motifs is 1. The molecule has 40 heavy (non-hydrogen) atoms. The van der Waals surface area contributed by atoms with Crippen molar-refractivity contribution in [3.63, 3.8) is 0 Å². The van der Waals surface area contributed by atoms with E-state index in [1.165, 1.54) is 31.0 Å². The summed E-state index contributed by atoms with van der Waals surface area (Å²) in [5, 5.41) is 14.2. The Morgan fingerprint density at radius 2 is 1.75 bits per heavy atom. The largest absolute Gasteiger partial charge is 0.507 e. The van der Waals surface area contributed by atoms with Crippen LogP contribution in [0.15, 0.2) is 24.3 Å². The van der Waals surface area contributed by atoms with Gasteiger partial charge in [-0.05, 0) is 75.2 Å². The third-order valence-electron chi connectivity index (χ3n) is 9.43. The SMILES string of the molecule is Oc1cccc(F)c1-c1c(Cl)cc2c(N3CCC4(CC3)CNC4)nc(OCC3(CN4CCCC4)CC3)nc2c1F. The number of piperidine rings is 1. The van der Waals surface area contributed by atoms with Gasteiger partial charge in [-0.1, -0.05) is 17.7 Å². The normalized spacial score (nSPS) is 21.6. The van der Waals surface area contributed by atoms with E-state index in [4.69, 9.17) is 21.3 Å². The average molecular weight is 570 g/mol. The van der Waals surface area contributed by atoms with Crippen LogP contribution in [-0.4, -0.2) is 72.4 Å². The smallest absolute Gasteiger partial charge is 0.319 e. The molecular formula is C30H34ClF2N5O2. The zero-order valence-electron chi connectivity index (χ0n) is 22.5. The lowest BCUT2D eigenvalue weighted by Crippen LogP contribution is -2.58. The molecule has 212 valence electrons. The fourth-order valence-electron chi connectivity index (χ4n) is 6.64. The van der Waals surface area contributed by atoms with E-state index in [9.17, 15) is 9.50 Å². The number of phenolic OH excluding ortho intramolecular Hbond substituents is 1. The van der Waals surface area contributed by atoms with E-state index in [1.807, 2.05) is 0 Å². The van der Waals surface area contributed by atoms with Crippen LogP contribution in [0, 0.1) is 22.5 Å². The Hall–Kier alpha value is -2.75. The zero-order chi connectivity index (χ0) is 27.5. The molecule has 4 aliphatic rings.